The molecule has 8 nitrogen and oxygen atoms in total. The van der Waals surface area contributed by atoms with E-state index in [1.54, 1.807) is 6.92 Å². The van der Waals surface area contributed by atoms with Crippen LogP contribution in [-0.2, 0) is 24.7 Å². The predicted octanol–water partition coefficient (Wildman–Crippen LogP) is 0.851. The number of hydrogen-bond acceptors (Lipinski definition) is 6. The van der Waals surface area contributed by atoms with Crippen molar-refractivity contribution in [2.75, 3.05) is 30.5 Å². The Bertz CT molecular complexity index is 864. The minimum absolute atomic E-state index is 0.0211. The van der Waals surface area contributed by atoms with Crippen molar-refractivity contribution in [1.29, 1.82) is 0 Å². The van der Waals surface area contributed by atoms with Gasteiger partial charge in [0.25, 0.3) is 0 Å². The second kappa shape index (κ2) is 7.30. The van der Waals surface area contributed by atoms with E-state index in [0.717, 1.165) is 0 Å². The van der Waals surface area contributed by atoms with E-state index in [1.165, 1.54) is 36.5 Å². The lowest BCUT2D eigenvalue weighted by Crippen LogP contribution is -2.41. The number of benzene rings is 1. The van der Waals surface area contributed by atoms with Gasteiger partial charge in [0.15, 0.2) is 9.84 Å². The predicted molar refractivity (Wildman–Crippen MR) is 93.9 cm³/mol. The van der Waals surface area contributed by atoms with Crippen molar-refractivity contribution in [1.82, 2.24) is 4.31 Å². The molecule has 0 unspecified atom stereocenters. The van der Waals surface area contributed by atoms with Crippen molar-refractivity contribution in [2.45, 2.75) is 31.2 Å². The largest absolute Gasteiger partial charge is 0.495 e. The Kier molecular flexibility index (Phi) is 5.75. The maximum Gasteiger partial charge on any atom is 0.247 e. The highest BCUT2D eigenvalue weighted by atomic mass is 32.2. The van der Waals surface area contributed by atoms with Crippen LogP contribution in [0.2, 0.25) is 0 Å². The Labute approximate surface area is 148 Å². The summed E-state index contributed by atoms with van der Waals surface area (Å²) in [5, 5.41) is 2.53. The average Bonchev–Trinajstić information content (AvgIpc) is 2.86. The summed E-state index contributed by atoms with van der Waals surface area (Å²) in [6.07, 6.45) is 0.267. The number of rotatable bonds is 6. The molecule has 0 radical (unpaired) electrons. The average molecular weight is 390 g/mol. The number of sulfonamides is 1. The van der Waals surface area contributed by atoms with Crippen LogP contribution in [0.25, 0.3) is 0 Å². The molecule has 10 heteroatoms. The molecule has 1 aliphatic rings. The lowest BCUT2D eigenvalue weighted by molar-refractivity contribution is -0.114. The second-order valence-electron chi connectivity index (χ2n) is 5.81. The molecule has 0 aliphatic carbocycles. The number of carbonyl (C=O) groups excluding carboxylic acids is 1. The van der Waals surface area contributed by atoms with E-state index in [0.29, 0.717) is 5.69 Å². The third-order valence-electron chi connectivity index (χ3n) is 4.00. The van der Waals surface area contributed by atoms with Crippen molar-refractivity contribution in [3.8, 4) is 5.75 Å². The summed E-state index contributed by atoms with van der Waals surface area (Å²) in [5.74, 6) is -0.406. The van der Waals surface area contributed by atoms with Gasteiger partial charge in [-0.05, 0) is 24.6 Å². The van der Waals surface area contributed by atoms with Crippen LogP contribution in [0.3, 0.4) is 0 Å². The Morgan fingerprint density at radius 3 is 2.56 bits per heavy atom. The molecule has 1 heterocycles. The zero-order chi connectivity index (χ0) is 18.8. The van der Waals surface area contributed by atoms with E-state index in [4.69, 9.17) is 4.74 Å². The first-order valence-electron chi connectivity index (χ1n) is 7.78. The van der Waals surface area contributed by atoms with Crippen LogP contribution >= 0.6 is 0 Å². The molecule has 0 spiro atoms. The smallest absolute Gasteiger partial charge is 0.247 e. The highest BCUT2D eigenvalue weighted by Crippen LogP contribution is 2.32. The van der Waals surface area contributed by atoms with Gasteiger partial charge in [0.1, 0.15) is 10.6 Å². The Balaban J connectivity index is 2.47. The van der Waals surface area contributed by atoms with Gasteiger partial charge in [-0.1, -0.05) is 6.92 Å². The fraction of sp³-hybridized carbons (Fsp3) is 0.533. The number of hydrogen-bond donors (Lipinski definition) is 1. The van der Waals surface area contributed by atoms with Crippen LogP contribution < -0.4 is 10.1 Å². The van der Waals surface area contributed by atoms with Gasteiger partial charge in [0.2, 0.25) is 15.9 Å². The fourth-order valence-electron chi connectivity index (χ4n) is 2.91. The summed E-state index contributed by atoms with van der Waals surface area (Å²) in [6.45, 7) is 3.11. The third kappa shape index (κ3) is 4.31. The molecule has 0 saturated carbocycles. The molecule has 1 aromatic carbocycles. The summed E-state index contributed by atoms with van der Waals surface area (Å²) in [5.41, 5.74) is 0.321. The number of ether oxygens (including phenoxy) is 1. The van der Waals surface area contributed by atoms with Crippen LogP contribution in [0.15, 0.2) is 23.1 Å². The van der Waals surface area contributed by atoms with Crippen molar-refractivity contribution < 1.29 is 26.4 Å². The van der Waals surface area contributed by atoms with Crippen molar-refractivity contribution in [2.24, 2.45) is 0 Å². The molecular weight excluding hydrogens is 368 g/mol. The zero-order valence-electron chi connectivity index (χ0n) is 14.4. The summed E-state index contributed by atoms with van der Waals surface area (Å²) >= 11 is 0. The Hall–Kier alpha value is -1.65. The molecule has 1 N–H and O–H groups in total. The van der Waals surface area contributed by atoms with E-state index in [2.05, 4.69) is 5.32 Å². The van der Waals surface area contributed by atoms with E-state index in [-0.39, 0.29) is 41.0 Å². The summed E-state index contributed by atoms with van der Waals surface area (Å²) in [7, 11) is -5.87. The SMILES string of the molecule is CCN([C@@H]1CCS(=O)(=O)C1)S(=O)(=O)c1cc(NC(C)=O)ccc1OC. The number of nitrogens with zero attached hydrogens (tertiary/aromatic N) is 1. The molecule has 25 heavy (non-hydrogen) atoms. The molecule has 0 bridgehead atoms. The molecule has 1 atom stereocenters. The van der Waals surface area contributed by atoms with Crippen LogP contribution in [-0.4, -0.2) is 58.3 Å². The topological polar surface area (TPSA) is 110 Å². The first-order chi connectivity index (χ1) is 11.6. The third-order valence-corrected chi connectivity index (χ3v) is 7.80. The van der Waals surface area contributed by atoms with E-state index < -0.39 is 25.9 Å². The lowest BCUT2D eigenvalue weighted by Gasteiger charge is -2.27. The minimum atomic E-state index is -3.99. The van der Waals surface area contributed by atoms with Crippen LogP contribution in [0, 0.1) is 0 Å². The number of sulfone groups is 1. The molecule has 1 fully saturated rings. The fourth-order valence-corrected chi connectivity index (χ4v) is 6.58. The van der Waals surface area contributed by atoms with Gasteiger partial charge in [-0.25, -0.2) is 16.8 Å². The van der Waals surface area contributed by atoms with Crippen LogP contribution in [0.4, 0.5) is 5.69 Å². The van der Waals surface area contributed by atoms with Gasteiger partial charge in [-0.2, -0.15) is 4.31 Å². The Morgan fingerprint density at radius 1 is 1.40 bits per heavy atom. The van der Waals surface area contributed by atoms with Gasteiger partial charge < -0.3 is 10.1 Å². The molecule has 140 valence electrons. The van der Waals surface area contributed by atoms with E-state index >= 15 is 0 Å². The molecule has 1 amide bonds. The number of methoxy groups -OCH3 is 1. The van der Waals surface area contributed by atoms with Crippen LogP contribution in [0.5, 0.6) is 5.75 Å². The summed E-state index contributed by atoms with van der Waals surface area (Å²) < 4.78 is 56.0. The highest BCUT2D eigenvalue weighted by Gasteiger charge is 2.39. The van der Waals surface area contributed by atoms with Crippen molar-refractivity contribution in [3.63, 3.8) is 0 Å². The first kappa shape index (κ1) is 19.7. The maximum atomic E-state index is 13.1. The molecule has 0 aromatic heterocycles. The van der Waals surface area contributed by atoms with Gasteiger partial charge in [0, 0.05) is 25.2 Å². The quantitative estimate of drug-likeness (QED) is 0.771. The van der Waals surface area contributed by atoms with Crippen molar-refractivity contribution >= 4 is 31.5 Å². The molecule has 1 saturated heterocycles. The standard InChI is InChI=1S/C15H22N2O6S2/c1-4-17(13-7-8-24(19,20)10-13)25(21,22)15-9-12(16-11(2)18)5-6-14(15)23-3/h5-6,9,13H,4,7-8,10H2,1-3H3,(H,16,18)/t13-/m1/s1. The van der Waals surface area contributed by atoms with Gasteiger partial charge in [-0.15, -0.1) is 0 Å². The minimum Gasteiger partial charge on any atom is -0.495 e. The number of anilines is 1. The van der Waals surface area contributed by atoms with Crippen molar-refractivity contribution in [3.05, 3.63) is 18.2 Å². The van der Waals surface area contributed by atoms with E-state index in [9.17, 15) is 21.6 Å². The summed E-state index contributed by atoms with van der Waals surface area (Å²) in [6, 6.07) is 3.71. The maximum absolute atomic E-state index is 13.1. The summed E-state index contributed by atoms with van der Waals surface area (Å²) in [4.78, 5) is 11.1. The normalized spacial score (nSPS) is 19.8. The molecule has 1 aromatic rings. The lowest BCUT2D eigenvalue weighted by atomic mass is 10.3. The number of carbonyl (C=O) groups is 1. The Morgan fingerprint density at radius 2 is 2.08 bits per heavy atom. The molecule has 1 aliphatic heterocycles. The van der Waals surface area contributed by atoms with Crippen LogP contribution in [0.1, 0.15) is 20.3 Å². The van der Waals surface area contributed by atoms with E-state index in [1.807, 2.05) is 0 Å². The number of amides is 1. The highest BCUT2D eigenvalue weighted by molar-refractivity contribution is 7.92. The van der Waals surface area contributed by atoms with Gasteiger partial charge in [-0.3, -0.25) is 4.79 Å². The second-order valence-corrected chi connectivity index (χ2v) is 9.90. The zero-order valence-corrected chi connectivity index (χ0v) is 16.0. The molecular formula is C15H22N2O6S2. The monoisotopic (exact) mass is 390 g/mol. The van der Waals surface area contributed by atoms with Gasteiger partial charge in [0.05, 0.1) is 18.6 Å². The molecule has 2 rings (SSSR count). The first-order valence-corrected chi connectivity index (χ1v) is 11.0. The van der Waals surface area contributed by atoms with Gasteiger partial charge >= 0.3 is 0 Å². The number of nitrogens with one attached hydrogen (secondary N) is 1.